The van der Waals surface area contributed by atoms with E-state index in [2.05, 4.69) is 10.3 Å². The summed E-state index contributed by atoms with van der Waals surface area (Å²) >= 11 is 12.1. The molecule has 1 amide bonds. The predicted molar refractivity (Wildman–Crippen MR) is 95.2 cm³/mol. The first kappa shape index (κ1) is 17.9. The molecule has 132 valence electrons. The van der Waals surface area contributed by atoms with E-state index in [1.54, 1.807) is 30.5 Å². The van der Waals surface area contributed by atoms with Gasteiger partial charge < -0.3 is 20.5 Å². The van der Waals surface area contributed by atoms with Crippen LogP contribution < -0.4 is 15.8 Å². The minimum Gasteiger partial charge on any atom is -0.469 e. The highest BCUT2D eigenvalue weighted by Crippen LogP contribution is 2.31. The minimum absolute atomic E-state index is 0.178. The van der Waals surface area contributed by atoms with Crippen LogP contribution in [0.15, 0.2) is 36.5 Å². The molecule has 0 radical (unpaired) electrons. The molecule has 0 aliphatic carbocycles. The number of nitrogens with zero attached hydrogens (tertiary/aromatic N) is 1. The van der Waals surface area contributed by atoms with Gasteiger partial charge in [0, 0.05) is 19.3 Å². The molecule has 0 saturated carbocycles. The lowest BCUT2D eigenvalue weighted by molar-refractivity contribution is -0.0103. The molecule has 25 heavy (non-hydrogen) atoms. The second-order valence-corrected chi connectivity index (χ2v) is 6.36. The molecule has 3 rings (SSSR count). The number of nitrogens with one attached hydrogen (secondary N) is 1. The standard InChI is InChI=1S/C17H17Cl2N3O3/c18-12-4-3-10(8-13(12)19)15-14(9-21-6-7-24-15)25-17-11(16(20)23)2-1-5-22-17/h1-5,8,14-15,21H,6-7,9H2,(H2,20,23)/t14-,15+/m0/s1. The van der Waals surface area contributed by atoms with Crippen molar-refractivity contribution in [3.8, 4) is 5.88 Å². The molecule has 2 aromatic rings. The van der Waals surface area contributed by atoms with E-state index in [1.165, 1.54) is 0 Å². The number of nitrogens with two attached hydrogens (primary N) is 1. The van der Waals surface area contributed by atoms with Crippen molar-refractivity contribution in [1.29, 1.82) is 0 Å². The van der Waals surface area contributed by atoms with Gasteiger partial charge in [-0.15, -0.1) is 0 Å². The molecular weight excluding hydrogens is 365 g/mol. The SMILES string of the molecule is NC(=O)c1cccnc1O[C@H]1CNCCO[C@@H]1c1ccc(Cl)c(Cl)c1. The highest BCUT2D eigenvalue weighted by molar-refractivity contribution is 6.42. The molecule has 1 fully saturated rings. The lowest BCUT2D eigenvalue weighted by Crippen LogP contribution is -2.35. The van der Waals surface area contributed by atoms with Gasteiger partial charge in [0.15, 0.2) is 0 Å². The molecule has 3 N–H and O–H groups in total. The Balaban J connectivity index is 1.91. The van der Waals surface area contributed by atoms with E-state index in [0.717, 1.165) is 5.56 Å². The molecule has 6 nitrogen and oxygen atoms in total. The van der Waals surface area contributed by atoms with Crippen molar-refractivity contribution < 1.29 is 14.3 Å². The number of primary amides is 1. The number of aromatic nitrogens is 1. The maximum absolute atomic E-state index is 11.6. The van der Waals surface area contributed by atoms with Crippen molar-refractivity contribution in [3.63, 3.8) is 0 Å². The number of amides is 1. The fourth-order valence-electron chi connectivity index (χ4n) is 2.64. The van der Waals surface area contributed by atoms with Crippen LogP contribution in [0.25, 0.3) is 0 Å². The molecule has 1 aromatic carbocycles. The van der Waals surface area contributed by atoms with Gasteiger partial charge in [-0.25, -0.2) is 4.98 Å². The monoisotopic (exact) mass is 381 g/mol. The van der Waals surface area contributed by atoms with Crippen molar-refractivity contribution in [2.45, 2.75) is 12.2 Å². The van der Waals surface area contributed by atoms with Crippen LogP contribution in [0, 0.1) is 0 Å². The Morgan fingerprint density at radius 1 is 1.32 bits per heavy atom. The minimum atomic E-state index is -0.600. The van der Waals surface area contributed by atoms with E-state index in [9.17, 15) is 4.79 Å². The number of carbonyl (C=O) groups is 1. The largest absolute Gasteiger partial charge is 0.469 e. The molecule has 0 bridgehead atoms. The van der Waals surface area contributed by atoms with Gasteiger partial charge >= 0.3 is 0 Å². The summed E-state index contributed by atoms with van der Waals surface area (Å²) in [7, 11) is 0. The smallest absolute Gasteiger partial charge is 0.254 e. The first-order chi connectivity index (χ1) is 12.1. The zero-order valence-electron chi connectivity index (χ0n) is 13.2. The Kier molecular flexibility index (Phi) is 5.75. The topological polar surface area (TPSA) is 86.5 Å². The van der Waals surface area contributed by atoms with Crippen LogP contribution in [0.2, 0.25) is 10.0 Å². The summed E-state index contributed by atoms with van der Waals surface area (Å²) in [6.07, 6.45) is 0.723. The number of ether oxygens (including phenoxy) is 2. The van der Waals surface area contributed by atoms with Gasteiger partial charge in [0.2, 0.25) is 5.88 Å². The second kappa shape index (κ2) is 8.01. The summed E-state index contributed by atoms with van der Waals surface area (Å²) in [6, 6.07) is 8.51. The maximum atomic E-state index is 11.6. The number of halogens is 2. The number of hydrogen-bond acceptors (Lipinski definition) is 5. The molecule has 2 heterocycles. The predicted octanol–water partition coefficient (Wildman–Crippen LogP) is 2.60. The van der Waals surface area contributed by atoms with Crippen LogP contribution in [0.4, 0.5) is 0 Å². The van der Waals surface area contributed by atoms with E-state index in [-0.39, 0.29) is 11.4 Å². The summed E-state index contributed by atoms with van der Waals surface area (Å²) in [5, 5.41) is 4.15. The van der Waals surface area contributed by atoms with E-state index >= 15 is 0 Å². The number of carbonyl (C=O) groups excluding carboxylic acids is 1. The van der Waals surface area contributed by atoms with Gasteiger partial charge in [0.25, 0.3) is 5.91 Å². The Hall–Kier alpha value is -1.86. The van der Waals surface area contributed by atoms with Crippen LogP contribution in [0.5, 0.6) is 5.88 Å². The number of hydrogen-bond donors (Lipinski definition) is 2. The van der Waals surface area contributed by atoms with Gasteiger partial charge in [0.05, 0.1) is 16.7 Å². The third kappa shape index (κ3) is 4.22. The lowest BCUT2D eigenvalue weighted by Gasteiger charge is -2.26. The molecule has 1 aliphatic rings. The van der Waals surface area contributed by atoms with Gasteiger partial charge in [-0.2, -0.15) is 0 Å². The van der Waals surface area contributed by atoms with Crippen LogP contribution in [-0.2, 0) is 4.74 Å². The van der Waals surface area contributed by atoms with Crippen molar-refractivity contribution >= 4 is 29.1 Å². The molecule has 8 heteroatoms. The Morgan fingerprint density at radius 3 is 2.92 bits per heavy atom. The van der Waals surface area contributed by atoms with Gasteiger partial charge in [0.1, 0.15) is 17.8 Å². The van der Waals surface area contributed by atoms with Gasteiger partial charge in [-0.05, 0) is 29.8 Å². The van der Waals surface area contributed by atoms with Crippen molar-refractivity contribution in [2.24, 2.45) is 5.73 Å². The van der Waals surface area contributed by atoms with Crippen LogP contribution in [-0.4, -0.2) is 36.7 Å². The molecule has 1 aromatic heterocycles. The zero-order valence-corrected chi connectivity index (χ0v) is 14.8. The summed E-state index contributed by atoms with van der Waals surface area (Å²) in [5.41, 5.74) is 6.45. The third-order valence-corrected chi connectivity index (χ3v) is 4.57. The highest BCUT2D eigenvalue weighted by atomic mass is 35.5. The summed E-state index contributed by atoms with van der Waals surface area (Å²) in [4.78, 5) is 15.7. The normalized spacial score (nSPS) is 20.7. The fourth-order valence-corrected chi connectivity index (χ4v) is 2.94. The molecule has 1 saturated heterocycles. The Bertz CT molecular complexity index is 773. The molecular formula is C17H17Cl2N3O3. The Labute approximate surface area is 155 Å². The number of pyridine rings is 1. The quantitative estimate of drug-likeness (QED) is 0.849. The first-order valence-electron chi connectivity index (χ1n) is 7.75. The van der Waals surface area contributed by atoms with Gasteiger partial charge in [-0.1, -0.05) is 29.3 Å². The molecule has 2 atom stereocenters. The average molecular weight is 382 g/mol. The maximum Gasteiger partial charge on any atom is 0.254 e. The van der Waals surface area contributed by atoms with E-state index in [4.69, 9.17) is 38.4 Å². The van der Waals surface area contributed by atoms with Crippen molar-refractivity contribution in [3.05, 3.63) is 57.7 Å². The number of rotatable bonds is 4. The highest BCUT2D eigenvalue weighted by Gasteiger charge is 2.29. The van der Waals surface area contributed by atoms with Crippen LogP contribution in [0.3, 0.4) is 0 Å². The van der Waals surface area contributed by atoms with Crippen LogP contribution >= 0.6 is 23.2 Å². The van der Waals surface area contributed by atoms with Gasteiger partial charge in [-0.3, -0.25) is 4.79 Å². The fraction of sp³-hybridized carbons (Fsp3) is 0.294. The number of benzene rings is 1. The summed E-state index contributed by atoms with van der Waals surface area (Å²) in [6.45, 7) is 1.71. The zero-order chi connectivity index (χ0) is 17.8. The average Bonchev–Trinajstić information content (AvgIpc) is 2.83. The van der Waals surface area contributed by atoms with E-state index in [1.807, 2.05) is 6.07 Å². The van der Waals surface area contributed by atoms with Crippen LogP contribution in [0.1, 0.15) is 22.0 Å². The summed E-state index contributed by atoms with van der Waals surface area (Å²) < 4.78 is 11.9. The molecule has 1 aliphatic heterocycles. The lowest BCUT2D eigenvalue weighted by atomic mass is 10.0. The van der Waals surface area contributed by atoms with Crippen molar-refractivity contribution in [1.82, 2.24) is 10.3 Å². The van der Waals surface area contributed by atoms with Crippen molar-refractivity contribution in [2.75, 3.05) is 19.7 Å². The second-order valence-electron chi connectivity index (χ2n) is 5.55. The summed E-state index contributed by atoms with van der Waals surface area (Å²) in [5.74, 6) is -0.422. The first-order valence-corrected chi connectivity index (χ1v) is 8.50. The van der Waals surface area contributed by atoms with E-state index in [0.29, 0.717) is 29.7 Å². The Morgan fingerprint density at radius 2 is 2.16 bits per heavy atom. The molecule has 0 spiro atoms. The molecule has 0 unspecified atom stereocenters. The third-order valence-electron chi connectivity index (χ3n) is 3.83. The van der Waals surface area contributed by atoms with E-state index < -0.39 is 18.1 Å².